The predicted octanol–water partition coefficient (Wildman–Crippen LogP) is 3.86. The molecule has 0 aliphatic carbocycles. The van der Waals surface area contributed by atoms with Crippen LogP contribution in [0.5, 0.6) is 17.2 Å². The summed E-state index contributed by atoms with van der Waals surface area (Å²) in [5, 5.41) is 12.7. The molecule has 0 fully saturated rings. The van der Waals surface area contributed by atoms with E-state index >= 15 is 0 Å². The van der Waals surface area contributed by atoms with Gasteiger partial charge in [-0.15, -0.1) is 0 Å². The molecule has 0 saturated heterocycles. The van der Waals surface area contributed by atoms with E-state index in [0.29, 0.717) is 35.4 Å². The fraction of sp³-hybridized carbons (Fsp3) is 0.217. The van der Waals surface area contributed by atoms with Crippen molar-refractivity contribution in [2.45, 2.75) is 20.4 Å². The zero-order valence-corrected chi connectivity index (χ0v) is 17.6. The van der Waals surface area contributed by atoms with E-state index < -0.39 is 0 Å². The van der Waals surface area contributed by atoms with Crippen LogP contribution in [0.3, 0.4) is 0 Å². The molecule has 156 valence electrons. The van der Waals surface area contributed by atoms with Crippen LogP contribution in [0.1, 0.15) is 29.6 Å². The smallest absolute Gasteiger partial charge is 0.164 e. The number of rotatable bonds is 7. The highest BCUT2D eigenvalue weighted by molar-refractivity contribution is 5.79. The Morgan fingerprint density at radius 1 is 1.00 bits per heavy atom. The Hall–Kier alpha value is -3.74. The molecule has 0 atom stereocenters. The topological polar surface area (TPSA) is 103 Å². The standard InChI is InChI=1S/C23H26N4O3/c1-14-11-21(25-13-16-5-8-18(28)9-6-16)27-23(26-14)22(15(2)24)17-7-10-19(29-3)20(12-17)30-4/h5-12,28H,13,24H2,1-4H3,(H,25,26,27). The normalized spacial score (nSPS) is 11.6. The number of allylic oxidation sites excluding steroid dienone is 1. The van der Waals surface area contributed by atoms with Crippen molar-refractivity contribution in [2.24, 2.45) is 5.73 Å². The third-order valence-electron chi connectivity index (χ3n) is 4.55. The highest BCUT2D eigenvalue weighted by Gasteiger charge is 2.15. The molecule has 0 unspecified atom stereocenters. The summed E-state index contributed by atoms with van der Waals surface area (Å²) in [6, 6.07) is 14.5. The molecule has 3 aromatic rings. The van der Waals surface area contributed by atoms with Gasteiger partial charge in [0.1, 0.15) is 11.6 Å². The number of phenolic OH excluding ortho intramolecular Hbond substituents is 1. The molecular formula is C23H26N4O3. The van der Waals surface area contributed by atoms with Crippen LogP contribution in [-0.4, -0.2) is 29.3 Å². The van der Waals surface area contributed by atoms with Crippen LogP contribution in [-0.2, 0) is 6.54 Å². The molecule has 0 radical (unpaired) electrons. The number of benzene rings is 2. The zero-order valence-electron chi connectivity index (χ0n) is 17.6. The van der Waals surface area contributed by atoms with Gasteiger partial charge in [-0.3, -0.25) is 0 Å². The molecule has 0 aliphatic heterocycles. The Kier molecular flexibility index (Phi) is 6.41. The van der Waals surface area contributed by atoms with Crippen LogP contribution in [0, 0.1) is 6.92 Å². The fourth-order valence-electron chi connectivity index (χ4n) is 3.10. The molecule has 1 aromatic heterocycles. The number of aromatic nitrogens is 2. The van der Waals surface area contributed by atoms with E-state index in [1.165, 1.54) is 0 Å². The van der Waals surface area contributed by atoms with Crippen molar-refractivity contribution in [3.05, 3.63) is 76.9 Å². The number of ether oxygens (including phenoxy) is 2. The largest absolute Gasteiger partial charge is 0.508 e. The summed E-state index contributed by atoms with van der Waals surface area (Å²) in [5.41, 5.74) is 10.2. The van der Waals surface area contributed by atoms with Gasteiger partial charge in [-0.1, -0.05) is 18.2 Å². The number of nitrogens with zero attached hydrogens (tertiary/aromatic N) is 2. The van der Waals surface area contributed by atoms with E-state index in [0.717, 1.165) is 22.4 Å². The van der Waals surface area contributed by atoms with Gasteiger partial charge in [0.05, 0.1) is 14.2 Å². The number of aryl methyl sites for hydroxylation is 1. The number of methoxy groups -OCH3 is 2. The van der Waals surface area contributed by atoms with Crippen LogP contribution in [0.4, 0.5) is 5.82 Å². The summed E-state index contributed by atoms with van der Waals surface area (Å²) in [7, 11) is 3.19. The van der Waals surface area contributed by atoms with Gasteiger partial charge in [-0.25, -0.2) is 9.97 Å². The Bertz CT molecular complexity index is 1060. The molecule has 0 amide bonds. The number of aromatic hydroxyl groups is 1. The van der Waals surface area contributed by atoms with Gasteiger partial charge in [-0.05, 0) is 49.2 Å². The van der Waals surface area contributed by atoms with Gasteiger partial charge in [0, 0.05) is 29.6 Å². The SMILES string of the molecule is COc1ccc(C(=C(C)N)c2nc(C)cc(NCc3ccc(O)cc3)n2)cc1OC. The van der Waals surface area contributed by atoms with Crippen molar-refractivity contribution in [2.75, 3.05) is 19.5 Å². The summed E-state index contributed by atoms with van der Waals surface area (Å²) in [6.45, 7) is 4.30. The number of anilines is 1. The minimum atomic E-state index is 0.238. The van der Waals surface area contributed by atoms with Gasteiger partial charge < -0.3 is 25.6 Å². The molecule has 4 N–H and O–H groups in total. The van der Waals surface area contributed by atoms with Crippen molar-refractivity contribution in [1.82, 2.24) is 9.97 Å². The second-order valence-electron chi connectivity index (χ2n) is 6.87. The first-order valence-corrected chi connectivity index (χ1v) is 9.48. The third-order valence-corrected chi connectivity index (χ3v) is 4.55. The number of nitrogens with two attached hydrogens (primary N) is 1. The lowest BCUT2D eigenvalue weighted by molar-refractivity contribution is 0.355. The minimum Gasteiger partial charge on any atom is -0.508 e. The Labute approximate surface area is 176 Å². The summed E-state index contributed by atoms with van der Waals surface area (Å²) >= 11 is 0. The van der Waals surface area contributed by atoms with E-state index in [4.69, 9.17) is 15.2 Å². The van der Waals surface area contributed by atoms with Crippen LogP contribution < -0.4 is 20.5 Å². The molecule has 3 rings (SSSR count). The summed E-state index contributed by atoms with van der Waals surface area (Å²) in [4.78, 5) is 9.28. The van der Waals surface area contributed by atoms with Crippen LogP contribution in [0.15, 0.2) is 54.2 Å². The molecule has 0 saturated carbocycles. The van der Waals surface area contributed by atoms with E-state index in [9.17, 15) is 5.11 Å². The average molecular weight is 406 g/mol. The molecular weight excluding hydrogens is 380 g/mol. The van der Waals surface area contributed by atoms with Gasteiger partial charge in [0.25, 0.3) is 0 Å². The monoisotopic (exact) mass is 406 g/mol. The fourth-order valence-corrected chi connectivity index (χ4v) is 3.10. The molecule has 1 heterocycles. The van der Waals surface area contributed by atoms with Crippen molar-refractivity contribution in [1.29, 1.82) is 0 Å². The average Bonchev–Trinajstić information content (AvgIpc) is 2.72. The Balaban J connectivity index is 1.94. The molecule has 7 heteroatoms. The highest BCUT2D eigenvalue weighted by atomic mass is 16.5. The lowest BCUT2D eigenvalue weighted by Gasteiger charge is -2.15. The Morgan fingerprint density at radius 2 is 1.70 bits per heavy atom. The van der Waals surface area contributed by atoms with Crippen molar-refractivity contribution in [3.8, 4) is 17.2 Å². The van der Waals surface area contributed by atoms with Gasteiger partial charge >= 0.3 is 0 Å². The van der Waals surface area contributed by atoms with Gasteiger partial charge in [-0.2, -0.15) is 0 Å². The molecule has 0 bridgehead atoms. The second-order valence-corrected chi connectivity index (χ2v) is 6.87. The van der Waals surface area contributed by atoms with E-state index in [-0.39, 0.29) is 5.75 Å². The number of nitrogens with one attached hydrogen (secondary N) is 1. The first-order valence-electron chi connectivity index (χ1n) is 9.48. The van der Waals surface area contributed by atoms with Crippen LogP contribution in [0.2, 0.25) is 0 Å². The van der Waals surface area contributed by atoms with Gasteiger partial charge in [0.15, 0.2) is 17.3 Å². The summed E-state index contributed by atoms with van der Waals surface area (Å²) < 4.78 is 10.8. The third kappa shape index (κ3) is 4.81. The van der Waals surface area contributed by atoms with Crippen molar-refractivity contribution >= 4 is 11.4 Å². The quantitative estimate of drug-likeness (QED) is 0.547. The first-order chi connectivity index (χ1) is 14.4. The van der Waals surface area contributed by atoms with E-state index in [1.54, 1.807) is 26.4 Å². The Morgan fingerprint density at radius 3 is 2.33 bits per heavy atom. The number of hydrogen-bond donors (Lipinski definition) is 3. The highest BCUT2D eigenvalue weighted by Crippen LogP contribution is 2.33. The van der Waals surface area contributed by atoms with Gasteiger partial charge in [0.2, 0.25) is 0 Å². The lowest BCUT2D eigenvalue weighted by atomic mass is 10.0. The predicted molar refractivity (Wildman–Crippen MR) is 118 cm³/mol. The van der Waals surface area contributed by atoms with E-state index in [2.05, 4.69) is 15.3 Å². The van der Waals surface area contributed by atoms with Crippen LogP contribution >= 0.6 is 0 Å². The summed E-state index contributed by atoms with van der Waals surface area (Å²) in [5.74, 6) is 2.69. The lowest BCUT2D eigenvalue weighted by Crippen LogP contribution is -2.08. The maximum Gasteiger partial charge on any atom is 0.164 e. The molecule has 7 nitrogen and oxygen atoms in total. The maximum atomic E-state index is 9.43. The number of phenols is 1. The second kappa shape index (κ2) is 9.17. The first kappa shape index (κ1) is 21.0. The van der Waals surface area contributed by atoms with E-state index in [1.807, 2.05) is 50.2 Å². The van der Waals surface area contributed by atoms with Crippen molar-refractivity contribution in [3.63, 3.8) is 0 Å². The molecule has 0 spiro atoms. The molecule has 0 aliphatic rings. The number of hydrogen-bond acceptors (Lipinski definition) is 7. The minimum absolute atomic E-state index is 0.238. The van der Waals surface area contributed by atoms with Crippen molar-refractivity contribution < 1.29 is 14.6 Å². The zero-order chi connectivity index (χ0) is 21.7. The van der Waals surface area contributed by atoms with Crippen LogP contribution in [0.25, 0.3) is 5.57 Å². The summed E-state index contributed by atoms with van der Waals surface area (Å²) in [6.07, 6.45) is 0. The maximum absolute atomic E-state index is 9.43. The molecule has 30 heavy (non-hydrogen) atoms. The molecule has 2 aromatic carbocycles.